The number of nitrogens with one attached hydrogen (secondary N) is 1. The second-order valence-electron chi connectivity index (χ2n) is 7.66. The van der Waals surface area contributed by atoms with Gasteiger partial charge in [-0.1, -0.05) is 30.3 Å². The van der Waals surface area contributed by atoms with Crippen LogP contribution in [-0.4, -0.2) is 77.5 Å². The van der Waals surface area contributed by atoms with E-state index >= 15 is 0 Å². The van der Waals surface area contributed by atoms with Gasteiger partial charge in [-0.25, -0.2) is 4.98 Å². The molecule has 1 aliphatic heterocycles. The van der Waals surface area contributed by atoms with Crippen molar-refractivity contribution in [3.63, 3.8) is 0 Å². The molecular formula is C23H31N5O3. The van der Waals surface area contributed by atoms with Gasteiger partial charge in [-0.05, 0) is 18.9 Å². The Balaban J connectivity index is 1.52. The van der Waals surface area contributed by atoms with E-state index in [9.17, 15) is 9.59 Å². The highest BCUT2D eigenvalue weighted by atomic mass is 16.5. The molecule has 3 rings (SSSR count). The van der Waals surface area contributed by atoms with Crippen LogP contribution in [0.15, 0.2) is 42.7 Å². The number of hydrogen-bond donors (Lipinski definition) is 1. The molecule has 1 fully saturated rings. The highest BCUT2D eigenvalue weighted by Gasteiger charge is 2.19. The quantitative estimate of drug-likeness (QED) is 0.623. The Morgan fingerprint density at radius 1 is 1.10 bits per heavy atom. The number of nitrogens with zero attached hydrogens (tertiary/aromatic N) is 4. The molecule has 8 nitrogen and oxygen atoms in total. The second kappa shape index (κ2) is 12.1. The molecule has 0 saturated carbocycles. The Morgan fingerprint density at radius 3 is 2.58 bits per heavy atom. The number of aromatic nitrogens is 2. The van der Waals surface area contributed by atoms with Crippen molar-refractivity contribution in [1.82, 2.24) is 25.1 Å². The molecule has 1 saturated heterocycles. The topological polar surface area (TPSA) is 87.7 Å². The summed E-state index contributed by atoms with van der Waals surface area (Å²) in [5.41, 5.74) is 2.11. The summed E-state index contributed by atoms with van der Waals surface area (Å²) in [6, 6.07) is 9.77. The van der Waals surface area contributed by atoms with Crippen molar-refractivity contribution in [3.05, 3.63) is 59.7 Å². The maximum absolute atomic E-state index is 13.0. The van der Waals surface area contributed by atoms with Crippen molar-refractivity contribution in [3.8, 4) is 0 Å². The third-order valence-corrected chi connectivity index (χ3v) is 5.23. The van der Waals surface area contributed by atoms with E-state index in [0.717, 1.165) is 50.5 Å². The van der Waals surface area contributed by atoms with Crippen molar-refractivity contribution in [2.45, 2.75) is 26.3 Å². The first-order valence-electron chi connectivity index (χ1n) is 10.8. The van der Waals surface area contributed by atoms with Crippen LogP contribution in [0.5, 0.6) is 0 Å². The van der Waals surface area contributed by atoms with Crippen LogP contribution in [0, 0.1) is 6.92 Å². The molecule has 0 spiro atoms. The summed E-state index contributed by atoms with van der Waals surface area (Å²) in [5.74, 6) is -0.268. The first-order chi connectivity index (χ1) is 15.1. The highest BCUT2D eigenvalue weighted by molar-refractivity contribution is 5.92. The van der Waals surface area contributed by atoms with Crippen molar-refractivity contribution in [2.24, 2.45) is 0 Å². The molecule has 2 heterocycles. The number of aryl methyl sites for hydroxylation is 1. The lowest BCUT2D eigenvalue weighted by Crippen LogP contribution is -2.40. The molecule has 166 valence electrons. The van der Waals surface area contributed by atoms with Crippen molar-refractivity contribution in [2.75, 3.05) is 45.9 Å². The van der Waals surface area contributed by atoms with Crippen molar-refractivity contribution in [1.29, 1.82) is 0 Å². The number of carbonyl (C=O) groups excluding carboxylic acids is 2. The molecule has 1 aromatic heterocycles. The predicted octanol–water partition coefficient (Wildman–Crippen LogP) is 1.66. The summed E-state index contributed by atoms with van der Waals surface area (Å²) < 4.78 is 5.39. The van der Waals surface area contributed by atoms with E-state index in [1.54, 1.807) is 11.1 Å². The summed E-state index contributed by atoms with van der Waals surface area (Å²) in [6.45, 7) is 7.46. The fourth-order valence-electron chi connectivity index (χ4n) is 3.41. The van der Waals surface area contributed by atoms with Crippen LogP contribution < -0.4 is 5.32 Å². The molecule has 1 aromatic carbocycles. The number of amides is 2. The Kier molecular flexibility index (Phi) is 8.93. The first kappa shape index (κ1) is 22.8. The lowest BCUT2D eigenvalue weighted by molar-refractivity contribution is -0.121. The van der Waals surface area contributed by atoms with Crippen LogP contribution >= 0.6 is 0 Å². The Labute approximate surface area is 183 Å². The average molecular weight is 426 g/mol. The van der Waals surface area contributed by atoms with Gasteiger partial charge in [-0.3, -0.25) is 19.5 Å². The zero-order valence-corrected chi connectivity index (χ0v) is 18.1. The summed E-state index contributed by atoms with van der Waals surface area (Å²) in [7, 11) is 0. The molecule has 2 amide bonds. The number of hydrogen-bond acceptors (Lipinski definition) is 6. The standard InChI is InChI=1S/C23H31N5O3/c1-19-16-25-21(18-24-19)23(30)28(10-5-9-27-12-14-31-15-13-27)11-8-22(29)26-17-20-6-3-2-4-7-20/h2-4,6-7,16,18H,5,8-15,17H2,1H3,(H,26,29). The zero-order chi connectivity index (χ0) is 21.9. The normalized spacial score (nSPS) is 14.2. The van der Waals surface area contributed by atoms with Crippen LogP contribution in [0.1, 0.15) is 34.6 Å². The van der Waals surface area contributed by atoms with Gasteiger partial charge in [0, 0.05) is 51.9 Å². The minimum Gasteiger partial charge on any atom is -0.379 e. The van der Waals surface area contributed by atoms with Gasteiger partial charge in [0.2, 0.25) is 5.91 Å². The van der Waals surface area contributed by atoms with Gasteiger partial charge >= 0.3 is 0 Å². The molecule has 0 unspecified atom stereocenters. The maximum Gasteiger partial charge on any atom is 0.274 e. The number of rotatable bonds is 10. The molecule has 31 heavy (non-hydrogen) atoms. The minimum absolute atomic E-state index is 0.0789. The molecule has 0 aliphatic carbocycles. The lowest BCUT2D eigenvalue weighted by atomic mass is 10.2. The summed E-state index contributed by atoms with van der Waals surface area (Å²) in [5, 5.41) is 2.92. The van der Waals surface area contributed by atoms with Gasteiger partial charge in [0.1, 0.15) is 5.69 Å². The molecule has 1 aliphatic rings. The molecule has 0 radical (unpaired) electrons. The van der Waals surface area contributed by atoms with Gasteiger partial charge in [0.25, 0.3) is 5.91 Å². The molecule has 1 N–H and O–H groups in total. The number of benzene rings is 1. The zero-order valence-electron chi connectivity index (χ0n) is 18.1. The molecule has 2 aromatic rings. The molecular weight excluding hydrogens is 394 g/mol. The highest BCUT2D eigenvalue weighted by Crippen LogP contribution is 2.06. The van der Waals surface area contributed by atoms with E-state index in [2.05, 4.69) is 20.2 Å². The fourth-order valence-corrected chi connectivity index (χ4v) is 3.41. The van der Waals surface area contributed by atoms with E-state index in [-0.39, 0.29) is 18.2 Å². The Hall–Kier alpha value is -2.84. The van der Waals surface area contributed by atoms with E-state index in [4.69, 9.17) is 4.74 Å². The van der Waals surface area contributed by atoms with Gasteiger partial charge < -0.3 is 15.0 Å². The van der Waals surface area contributed by atoms with Crippen LogP contribution in [0.3, 0.4) is 0 Å². The van der Waals surface area contributed by atoms with Gasteiger partial charge in [0.15, 0.2) is 0 Å². The van der Waals surface area contributed by atoms with Gasteiger partial charge in [-0.2, -0.15) is 0 Å². The fraction of sp³-hybridized carbons (Fsp3) is 0.478. The third kappa shape index (κ3) is 7.73. The lowest BCUT2D eigenvalue weighted by Gasteiger charge is -2.28. The van der Waals surface area contributed by atoms with Gasteiger partial charge in [-0.15, -0.1) is 0 Å². The van der Waals surface area contributed by atoms with E-state index < -0.39 is 0 Å². The maximum atomic E-state index is 13.0. The SMILES string of the molecule is Cc1cnc(C(=O)N(CCCN2CCOCC2)CCC(=O)NCc2ccccc2)cn1. The summed E-state index contributed by atoms with van der Waals surface area (Å²) >= 11 is 0. The summed E-state index contributed by atoms with van der Waals surface area (Å²) in [6.07, 6.45) is 4.17. The second-order valence-corrected chi connectivity index (χ2v) is 7.66. The molecule has 0 atom stereocenters. The van der Waals surface area contributed by atoms with E-state index in [1.165, 1.54) is 6.20 Å². The van der Waals surface area contributed by atoms with Crippen LogP contribution in [0.2, 0.25) is 0 Å². The van der Waals surface area contributed by atoms with Crippen molar-refractivity contribution < 1.29 is 14.3 Å². The number of carbonyl (C=O) groups is 2. The minimum atomic E-state index is -0.190. The van der Waals surface area contributed by atoms with E-state index in [0.29, 0.717) is 25.3 Å². The average Bonchev–Trinajstić information content (AvgIpc) is 2.81. The third-order valence-electron chi connectivity index (χ3n) is 5.23. The first-order valence-corrected chi connectivity index (χ1v) is 10.8. The number of ether oxygens (including phenoxy) is 1. The monoisotopic (exact) mass is 425 g/mol. The van der Waals surface area contributed by atoms with E-state index in [1.807, 2.05) is 37.3 Å². The van der Waals surface area contributed by atoms with Crippen LogP contribution in [-0.2, 0) is 16.1 Å². The Morgan fingerprint density at radius 2 is 1.87 bits per heavy atom. The smallest absolute Gasteiger partial charge is 0.274 e. The largest absolute Gasteiger partial charge is 0.379 e. The van der Waals surface area contributed by atoms with Crippen molar-refractivity contribution >= 4 is 11.8 Å². The van der Waals surface area contributed by atoms with Crippen LogP contribution in [0.4, 0.5) is 0 Å². The summed E-state index contributed by atoms with van der Waals surface area (Å²) in [4.78, 5) is 37.8. The van der Waals surface area contributed by atoms with Crippen LogP contribution in [0.25, 0.3) is 0 Å². The Bertz CT molecular complexity index is 823. The van der Waals surface area contributed by atoms with Gasteiger partial charge in [0.05, 0.1) is 25.1 Å². The number of morpholine rings is 1. The molecule has 8 heteroatoms. The predicted molar refractivity (Wildman–Crippen MR) is 117 cm³/mol. The molecule has 0 bridgehead atoms.